The first-order valence-electron chi connectivity index (χ1n) is 6.41. The average Bonchev–Trinajstić information content (AvgIpc) is 2.42. The van der Waals surface area contributed by atoms with Crippen LogP contribution in [-0.2, 0) is 0 Å². The van der Waals surface area contributed by atoms with Crippen LogP contribution in [0.3, 0.4) is 0 Å². The van der Waals surface area contributed by atoms with Crippen LogP contribution in [0.15, 0.2) is 53.2 Å². The number of hydrogen-bond donors (Lipinski definition) is 1. The Morgan fingerprint density at radius 3 is 2.70 bits per heavy atom. The third kappa shape index (κ3) is 4.31. The van der Waals surface area contributed by atoms with E-state index in [4.69, 9.17) is 5.84 Å². The molecule has 0 bridgehead atoms. The van der Waals surface area contributed by atoms with Crippen LogP contribution < -0.4 is 10.9 Å². The lowest BCUT2D eigenvalue weighted by Crippen LogP contribution is -2.28. The number of hydrazine groups is 1. The largest absolute Gasteiger partial charge is 0.284 e. The SMILES string of the molecule is C=Nc1cccc(N(N)/C(C)=C\CC(=C)C(C)(C)F)c1. The lowest BCUT2D eigenvalue weighted by Gasteiger charge is -2.21. The summed E-state index contributed by atoms with van der Waals surface area (Å²) in [6, 6.07) is 7.41. The van der Waals surface area contributed by atoms with Gasteiger partial charge in [0.2, 0.25) is 0 Å². The fourth-order valence-corrected chi connectivity index (χ4v) is 1.56. The molecule has 0 aliphatic heterocycles. The number of nitrogens with zero attached hydrogens (tertiary/aromatic N) is 2. The summed E-state index contributed by atoms with van der Waals surface area (Å²) < 4.78 is 13.7. The van der Waals surface area contributed by atoms with Crippen molar-refractivity contribution in [2.75, 3.05) is 5.01 Å². The van der Waals surface area contributed by atoms with Crippen molar-refractivity contribution >= 4 is 18.1 Å². The third-order valence-corrected chi connectivity index (χ3v) is 3.16. The number of benzene rings is 1. The quantitative estimate of drug-likeness (QED) is 0.364. The van der Waals surface area contributed by atoms with Gasteiger partial charge in [-0.3, -0.25) is 10.0 Å². The normalized spacial score (nSPS) is 12.2. The maximum atomic E-state index is 13.7. The highest BCUT2D eigenvalue weighted by atomic mass is 19.1. The van der Waals surface area contributed by atoms with Crippen molar-refractivity contribution in [3.63, 3.8) is 0 Å². The van der Waals surface area contributed by atoms with Gasteiger partial charge in [-0.25, -0.2) is 10.2 Å². The van der Waals surface area contributed by atoms with Crippen LogP contribution in [0.2, 0.25) is 0 Å². The monoisotopic (exact) mass is 275 g/mol. The highest BCUT2D eigenvalue weighted by Gasteiger charge is 2.18. The summed E-state index contributed by atoms with van der Waals surface area (Å²) in [5.74, 6) is 6.04. The number of rotatable bonds is 6. The van der Waals surface area contributed by atoms with Gasteiger partial charge in [-0.15, -0.1) is 0 Å². The molecule has 108 valence electrons. The van der Waals surface area contributed by atoms with Gasteiger partial charge in [-0.05, 0) is 57.7 Å². The van der Waals surface area contributed by atoms with E-state index in [2.05, 4.69) is 18.3 Å². The summed E-state index contributed by atoms with van der Waals surface area (Å²) in [7, 11) is 0. The number of halogens is 1. The van der Waals surface area contributed by atoms with E-state index < -0.39 is 5.67 Å². The number of anilines is 1. The number of alkyl halides is 1. The summed E-state index contributed by atoms with van der Waals surface area (Å²) >= 11 is 0. The molecule has 0 radical (unpaired) electrons. The van der Waals surface area contributed by atoms with Crippen LogP contribution in [0.5, 0.6) is 0 Å². The van der Waals surface area contributed by atoms with Gasteiger partial charge in [0.15, 0.2) is 0 Å². The van der Waals surface area contributed by atoms with Crippen molar-refractivity contribution in [1.29, 1.82) is 0 Å². The molecule has 2 N–H and O–H groups in total. The number of allylic oxidation sites excluding steroid dienone is 3. The maximum Gasteiger partial charge on any atom is 0.126 e. The van der Waals surface area contributed by atoms with Crippen molar-refractivity contribution in [2.45, 2.75) is 32.9 Å². The molecule has 0 unspecified atom stereocenters. The van der Waals surface area contributed by atoms with E-state index in [-0.39, 0.29) is 0 Å². The molecule has 0 saturated heterocycles. The number of aliphatic imine (C=N–C) groups is 1. The Morgan fingerprint density at radius 1 is 1.50 bits per heavy atom. The van der Waals surface area contributed by atoms with Gasteiger partial charge in [-0.1, -0.05) is 18.7 Å². The Bertz CT molecular complexity index is 527. The van der Waals surface area contributed by atoms with Crippen LogP contribution in [0, 0.1) is 0 Å². The standard InChI is InChI=1S/C16H22FN3/c1-12(16(3,4)17)9-10-13(2)20(18)15-8-6-7-14(11-15)19-5/h6-8,10-11H,1,5,9,18H2,2-4H3/b13-10-. The fraction of sp³-hybridized carbons (Fsp3) is 0.312. The number of hydrogen-bond acceptors (Lipinski definition) is 3. The van der Waals surface area contributed by atoms with E-state index >= 15 is 0 Å². The van der Waals surface area contributed by atoms with Gasteiger partial charge >= 0.3 is 0 Å². The van der Waals surface area contributed by atoms with Crippen molar-refractivity contribution in [3.05, 3.63) is 48.2 Å². The van der Waals surface area contributed by atoms with Crippen molar-refractivity contribution in [1.82, 2.24) is 0 Å². The van der Waals surface area contributed by atoms with Crippen LogP contribution in [0.25, 0.3) is 0 Å². The molecule has 0 saturated carbocycles. The van der Waals surface area contributed by atoms with E-state index in [0.717, 1.165) is 17.1 Å². The van der Waals surface area contributed by atoms with Gasteiger partial charge in [0.25, 0.3) is 0 Å². The zero-order valence-corrected chi connectivity index (χ0v) is 12.4. The summed E-state index contributed by atoms with van der Waals surface area (Å²) in [6.07, 6.45) is 2.31. The minimum absolute atomic E-state index is 0.447. The Kier molecular flexibility index (Phi) is 5.22. The van der Waals surface area contributed by atoms with Crippen LogP contribution in [0.4, 0.5) is 15.8 Å². The van der Waals surface area contributed by atoms with Gasteiger partial charge in [0.05, 0.1) is 11.4 Å². The second-order valence-electron chi connectivity index (χ2n) is 5.17. The van der Waals surface area contributed by atoms with Gasteiger partial charge in [0, 0.05) is 5.70 Å². The molecule has 4 heteroatoms. The molecule has 0 atom stereocenters. The highest BCUT2D eigenvalue weighted by molar-refractivity contribution is 5.59. The first kappa shape index (κ1) is 16.1. The van der Waals surface area contributed by atoms with Crippen LogP contribution in [-0.4, -0.2) is 12.4 Å². The third-order valence-electron chi connectivity index (χ3n) is 3.16. The van der Waals surface area contributed by atoms with E-state index in [9.17, 15) is 4.39 Å². The minimum atomic E-state index is -1.39. The Labute approximate surface area is 120 Å². The minimum Gasteiger partial charge on any atom is -0.284 e. The van der Waals surface area contributed by atoms with E-state index in [0.29, 0.717) is 12.0 Å². The molecule has 0 aliphatic rings. The number of nitrogens with two attached hydrogens (primary N) is 1. The molecule has 1 aromatic carbocycles. The second-order valence-corrected chi connectivity index (χ2v) is 5.17. The molecule has 0 aromatic heterocycles. The van der Waals surface area contributed by atoms with E-state index in [1.165, 1.54) is 18.9 Å². The van der Waals surface area contributed by atoms with Gasteiger partial charge in [0.1, 0.15) is 5.67 Å². The zero-order chi connectivity index (χ0) is 15.3. The average molecular weight is 275 g/mol. The van der Waals surface area contributed by atoms with E-state index in [1.54, 1.807) is 0 Å². The second kappa shape index (κ2) is 6.48. The van der Waals surface area contributed by atoms with Gasteiger partial charge in [-0.2, -0.15) is 0 Å². The first-order valence-corrected chi connectivity index (χ1v) is 6.41. The molecule has 1 aromatic rings. The molecule has 3 nitrogen and oxygen atoms in total. The molecule has 1 rings (SSSR count). The summed E-state index contributed by atoms with van der Waals surface area (Å²) in [5.41, 5.74) is 1.50. The Hall–Kier alpha value is -1.94. The summed E-state index contributed by atoms with van der Waals surface area (Å²) in [4.78, 5) is 3.86. The van der Waals surface area contributed by atoms with Crippen LogP contribution >= 0.6 is 0 Å². The fourth-order valence-electron chi connectivity index (χ4n) is 1.56. The molecule has 0 fully saturated rings. The smallest absolute Gasteiger partial charge is 0.126 e. The summed E-state index contributed by atoms with van der Waals surface area (Å²) in [5, 5.41) is 1.53. The molecule has 0 heterocycles. The van der Waals surface area contributed by atoms with Crippen molar-refractivity contribution < 1.29 is 4.39 Å². The molecule has 0 aliphatic carbocycles. The van der Waals surface area contributed by atoms with Crippen molar-refractivity contribution in [3.8, 4) is 0 Å². The van der Waals surface area contributed by atoms with Crippen LogP contribution in [0.1, 0.15) is 27.2 Å². The van der Waals surface area contributed by atoms with Gasteiger partial charge < -0.3 is 0 Å². The molecule has 20 heavy (non-hydrogen) atoms. The lowest BCUT2D eigenvalue weighted by atomic mass is 9.98. The Morgan fingerprint density at radius 2 is 2.15 bits per heavy atom. The molecular weight excluding hydrogens is 253 g/mol. The lowest BCUT2D eigenvalue weighted by molar-refractivity contribution is 0.265. The first-order chi connectivity index (χ1) is 9.25. The Balaban J connectivity index is 2.82. The topological polar surface area (TPSA) is 41.6 Å². The maximum absolute atomic E-state index is 13.7. The van der Waals surface area contributed by atoms with E-state index in [1.807, 2.05) is 37.3 Å². The van der Waals surface area contributed by atoms with Crippen molar-refractivity contribution in [2.24, 2.45) is 10.8 Å². The molecule has 0 spiro atoms. The molecular formula is C16H22FN3. The zero-order valence-electron chi connectivity index (χ0n) is 12.4. The highest BCUT2D eigenvalue weighted by Crippen LogP contribution is 2.25. The predicted octanol–water partition coefficient (Wildman–Crippen LogP) is 4.30. The summed E-state index contributed by atoms with van der Waals surface area (Å²) in [6.45, 7) is 12.1. The predicted molar refractivity (Wildman–Crippen MR) is 85.0 cm³/mol. The molecule has 0 amide bonds.